The highest BCUT2D eigenvalue weighted by Crippen LogP contribution is 2.25. The molecule has 0 aliphatic heterocycles. The van der Waals surface area contributed by atoms with Gasteiger partial charge in [0.15, 0.2) is 0 Å². The number of anilines is 1. The molecule has 0 unspecified atom stereocenters. The summed E-state index contributed by atoms with van der Waals surface area (Å²) in [6.07, 6.45) is 4.99. The minimum Gasteiger partial charge on any atom is -0.497 e. The van der Waals surface area contributed by atoms with E-state index in [9.17, 15) is 9.59 Å². The fraction of sp³-hybridized carbons (Fsp3) is 0.238. The average molecular weight is 401 g/mol. The smallest absolute Gasteiger partial charge is 0.246 e. The van der Waals surface area contributed by atoms with E-state index in [0.717, 1.165) is 10.6 Å². The van der Waals surface area contributed by atoms with Crippen molar-refractivity contribution in [3.8, 4) is 11.5 Å². The normalized spacial score (nSPS) is 10.6. The van der Waals surface area contributed by atoms with Crippen LogP contribution in [-0.2, 0) is 9.59 Å². The molecule has 0 spiro atoms. The number of hydrogen-bond donors (Lipinski definition) is 1. The summed E-state index contributed by atoms with van der Waals surface area (Å²) >= 11 is 1.55. The molecule has 28 heavy (non-hydrogen) atoms. The van der Waals surface area contributed by atoms with Gasteiger partial charge < -0.3 is 19.7 Å². The van der Waals surface area contributed by atoms with Crippen LogP contribution in [0.2, 0.25) is 0 Å². The van der Waals surface area contributed by atoms with Gasteiger partial charge in [-0.05, 0) is 42.7 Å². The number of ether oxygens (including phenoxy) is 2. The van der Waals surface area contributed by atoms with Gasteiger partial charge in [0.25, 0.3) is 0 Å². The molecule has 6 nitrogen and oxygen atoms in total. The minimum atomic E-state index is -0.293. The zero-order chi connectivity index (χ0) is 20.5. The predicted molar refractivity (Wildman–Crippen MR) is 113 cm³/mol. The molecule has 0 heterocycles. The number of likely N-dealkylation sites (N-methyl/N-ethyl adjacent to an activating group) is 1. The van der Waals surface area contributed by atoms with Crippen molar-refractivity contribution in [3.63, 3.8) is 0 Å². The molecule has 0 saturated carbocycles. The fourth-order valence-electron chi connectivity index (χ4n) is 2.49. The largest absolute Gasteiger partial charge is 0.497 e. The number of carbonyl (C=O) groups is 2. The van der Waals surface area contributed by atoms with Crippen molar-refractivity contribution >= 4 is 35.3 Å². The van der Waals surface area contributed by atoms with Crippen LogP contribution in [0.4, 0.5) is 5.69 Å². The van der Waals surface area contributed by atoms with E-state index in [4.69, 9.17) is 9.47 Å². The van der Waals surface area contributed by atoms with Gasteiger partial charge in [0.1, 0.15) is 11.5 Å². The van der Waals surface area contributed by atoms with Crippen molar-refractivity contribution in [1.82, 2.24) is 4.90 Å². The maximum atomic E-state index is 12.4. The van der Waals surface area contributed by atoms with Gasteiger partial charge in [0.2, 0.25) is 11.8 Å². The number of hydrogen-bond acceptors (Lipinski definition) is 5. The minimum absolute atomic E-state index is 0.0544. The van der Waals surface area contributed by atoms with Crippen LogP contribution >= 0.6 is 11.8 Å². The summed E-state index contributed by atoms with van der Waals surface area (Å²) in [5, 5.41) is 2.84. The molecule has 2 rings (SSSR count). The van der Waals surface area contributed by atoms with Gasteiger partial charge in [-0.2, -0.15) is 0 Å². The molecule has 2 aromatic carbocycles. The first kappa shape index (κ1) is 21.4. The average Bonchev–Trinajstić information content (AvgIpc) is 2.71. The second-order valence-electron chi connectivity index (χ2n) is 5.88. The Morgan fingerprint density at radius 2 is 1.89 bits per heavy atom. The first-order chi connectivity index (χ1) is 13.5. The van der Waals surface area contributed by atoms with Crippen LogP contribution in [0.25, 0.3) is 6.08 Å². The van der Waals surface area contributed by atoms with Crippen molar-refractivity contribution in [1.29, 1.82) is 0 Å². The van der Waals surface area contributed by atoms with E-state index >= 15 is 0 Å². The van der Waals surface area contributed by atoms with Crippen molar-refractivity contribution < 1.29 is 19.1 Å². The van der Waals surface area contributed by atoms with E-state index < -0.39 is 0 Å². The summed E-state index contributed by atoms with van der Waals surface area (Å²) in [5.74, 6) is 0.731. The van der Waals surface area contributed by atoms with E-state index in [-0.39, 0.29) is 18.4 Å². The Morgan fingerprint density at radius 1 is 1.14 bits per heavy atom. The lowest BCUT2D eigenvalue weighted by atomic mass is 10.1. The molecule has 1 N–H and O–H groups in total. The van der Waals surface area contributed by atoms with Crippen LogP contribution in [0.15, 0.2) is 53.4 Å². The second-order valence-corrected chi connectivity index (χ2v) is 6.73. The lowest BCUT2D eigenvalue weighted by Gasteiger charge is -2.16. The Morgan fingerprint density at radius 3 is 2.57 bits per heavy atom. The van der Waals surface area contributed by atoms with E-state index in [1.54, 1.807) is 57.3 Å². The van der Waals surface area contributed by atoms with Crippen LogP contribution in [0.1, 0.15) is 5.56 Å². The van der Waals surface area contributed by atoms with E-state index in [2.05, 4.69) is 5.32 Å². The molecule has 0 aliphatic carbocycles. The highest BCUT2D eigenvalue weighted by molar-refractivity contribution is 7.98. The van der Waals surface area contributed by atoms with Gasteiger partial charge in [-0.3, -0.25) is 9.59 Å². The van der Waals surface area contributed by atoms with Crippen LogP contribution < -0.4 is 14.8 Å². The molecule has 0 radical (unpaired) electrons. The molecule has 0 aromatic heterocycles. The van der Waals surface area contributed by atoms with Crippen molar-refractivity contribution in [2.45, 2.75) is 4.90 Å². The summed E-state index contributed by atoms with van der Waals surface area (Å²) in [4.78, 5) is 27.0. The van der Waals surface area contributed by atoms with Crippen LogP contribution in [0.5, 0.6) is 11.5 Å². The lowest BCUT2D eigenvalue weighted by molar-refractivity contribution is -0.129. The molecular weight excluding hydrogens is 376 g/mol. The zero-order valence-electron chi connectivity index (χ0n) is 16.4. The number of para-hydroxylation sites is 1. The van der Waals surface area contributed by atoms with Crippen LogP contribution in [-0.4, -0.2) is 50.8 Å². The molecular formula is C21H24N2O4S. The maximum absolute atomic E-state index is 12.4. The second kappa shape index (κ2) is 10.4. The number of amides is 2. The molecule has 0 atom stereocenters. The highest BCUT2D eigenvalue weighted by Gasteiger charge is 2.12. The number of carbonyl (C=O) groups excluding carboxylic acids is 2. The Hall–Kier alpha value is -2.93. The Kier molecular flexibility index (Phi) is 7.95. The Bertz CT molecular complexity index is 867. The van der Waals surface area contributed by atoms with Gasteiger partial charge in [-0.15, -0.1) is 11.8 Å². The third-order valence-corrected chi connectivity index (χ3v) is 4.78. The first-order valence-electron chi connectivity index (χ1n) is 8.56. The first-order valence-corrected chi connectivity index (χ1v) is 9.79. The van der Waals surface area contributed by atoms with Gasteiger partial charge in [0, 0.05) is 23.6 Å². The van der Waals surface area contributed by atoms with E-state index in [1.165, 1.54) is 11.0 Å². The molecule has 0 aliphatic rings. The number of thioether (sulfide) groups is 1. The van der Waals surface area contributed by atoms with Gasteiger partial charge in [-0.1, -0.05) is 12.1 Å². The molecule has 2 aromatic rings. The summed E-state index contributed by atoms with van der Waals surface area (Å²) < 4.78 is 10.5. The summed E-state index contributed by atoms with van der Waals surface area (Å²) in [6.45, 7) is -0.0544. The van der Waals surface area contributed by atoms with Crippen LogP contribution in [0.3, 0.4) is 0 Å². The fourth-order valence-corrected chi connectivity index (χ4v) is 3.04. The Labute approximate surface area is 169 Å². The van der Waals surface area contributed by atoms with Crippen molar-refractivity contribution in [2.75, 3.05) is 39.4 Å². The van der Waals surface area contributed by atoms with Crippen molar-refractivity contribution in [2.24, 2.45) is 0 Å². The standard InChI is InChI=1S/C21H24N2O4S/c1-23(14-20(24)22-17-7-5-6-8-19(17)28-4)21(25)12-9-15-13-16(26-2)10-11-18(15)27-3/h5-13H,14H2,1-4H3,(H,22,24). The predicted octanol–water partition coefficient (Wildman–Crippen LogP) is 3.54. The van der Waals surface area contributed by atoms with Gasteiger partial charge in [0.05, 0.1) is 26.5 Å². The number of benzene rings is 2. The quantitative estimate of drug-likeness (QED) is 0.542. The van der Waals surface area contributed by atoms with E-state index in [1.807, 2.05) is 30.5 Å². The summed E-state index contributed by atoms with van der Waals surface area (Å²) in [5.41, 5.74) is 1.44. The SMILES string of the molecule is COc1ccc(OC)c(C=CC(=O)N(C)CC(=O)Nc2ccccc2SC)c1. The molecule has 7 heteroatoms. The third kappa shape index (κ3) is 5.79. The monoisotopic (exact) mass is 400 g/mol. The van der Waals surface area contributed by atoms with Gasteiger partial charge in [-0.25, -0.2) is 0 Å². The van der Waals surface area contributed by atoms with E-state index in [0.29, 0.717) is 17.1 Å². The summed E-state index contributed by atoms with van der Waals surface area (Å²) in [7, 11) is 4.71. The molecule has 0 bridgehead atoms. The number of nitrogens with one attached hydrogen (secondary N) is 1. The van der Waals surface area contributed by atoms with Crippen LogP contribution in [0, 0.1) is 0 Å². The maximum Gasteiger partial charge on any atom is 0.246 e. The Balaban J connectivity index is 2.01. The number of methoxy groups -OCH3 is 2. The molecule has 2 amide bonds. The molecule has 0 saturated heterocycles. The van der Waals surface area contributed by atoms with Crippen molar-refractivity contribution in [3.05, 3.63) is 54.1 Å². The zero-order valence-corrected chi connectivity index (χ0v) is 17.2. The summed E-state index contributed by atoms with van der Waals surface area (Å²) in [6, 6.07) is 12.8. The number of nitrogens with zero attached hydrogens (tertiary/aromatic N) is 1. The number of rotatable bonds is 8. The topological polar surface area (TPSA) is 67.9 Å². The lowest BCUT2D eigenvalue weighted by Crippen LogP contribution is -2.33. The highest BCUT2D eigenvalue weighted by atomic mass is 32.2. The van der Waals surface area contributed by atoms with Gasteiger partial charge >= 0.3 is 0 Å². The third-order valence-electron chi connectivity index (χ3n) is 3.98. The molecule has 0 fully saturated rings. The molecule has 148 valence electrons.